The molecule has 0 rings (SSSR count). The van der Waals surface area contributed by atoms with Crippen LogP contribution in [0.15, 0.2) is 24.3 Å². The highest BCUT2D eigenvalue weighted by molar-refractivity contribution is 5.65. The lowest BCUT2D eigenvalue weighted by Crippen LogP contribution is -1.99. The molecular formula is C18H32O2. The maximum absolute atomic E-state index is 10.5. The second-order valence-electron chi connectivity index (χ2n) is 5.25. The van der Waals surface area contributed by atoms with E-state index in [2.05, 4.69) is 31.2 Å². The molecule has 2 nitrogen and oxygen atoms in total. The van der Waals surface area contributed by atoms with Gasteiger partial charge >= 0.3 is 5.97 Å². The molecule has 0 aromatic heterocycles. The standard InChI is InChI=1S/C18H32O2/c1-3-4-5-6-7-8-9-10-11-12-13-14-15-16-17-20-18(2)19/h7-10H,3-6,11-17H2,1-2H3/b8-7-,10-9-. The average Bonchev–Trinajstić information content (AvgIpc) is 2.43. The van der Waals surface area contributed by atoms with E-state index < -0.39 is 0 Å². The van der Waals surface area contributed by atoms with Gasteiger partial charge in [0.1, 0.15) is 0 Å². The van der Waals surface area contributed by atoms with Gasteiger partial charge < -0.3 is 4.74 Å². The fourth-order valence-electron chi connectivity index (χ4n) is 1.97. The van der Waals surface area contributed by atoms with Crippen molar-refractivity contribution in [3.8, 4) is 0 Å². The third kappa shape index (κ3) is 16.9. The number of unbranched alkanes of at least 4 members (excludes halogenated alkanes) is 8. The molecule has 0 aliphatic heterocycles. The van der Waals surface area contributed by atoms with Crippen molar-refractivity contribution in [3.63, 3.8) is 0 Å². The number of allylic oxidation sites excluding steroid dienone is 4. The summed E-state index contributed by atoms with van der Waals surface area (Å²) in [6.45, 7) is 4.28. The third-order valence-electron chi connectivity index (χ3n) is 3.18. The van der Waals surface area contributed by atoms with Gasteiger partial charge in [-0.25, -0.2) is 0 Å². The van der Waals surface area contributed by atoms with Crippen molar-refractivity contribution in [1.82, 2.24) is 0 Å². The van der Waals surface area contributed by atoms with Crippen LogP contribution in [-0.2, 0) is 9.53 Å². The molecule has 0 aliphatic carbocycles. The fourth-order valence-corrected chi connectivity index (χ4v) is 1.97. The van der Waals surface area contributed by atoms with Gasteiger partial charge in [0.15, 0.2) is 0 Å². The van der Waals surface area contributed by atoms with Crippen LogP contribution in [0.5, 0.6) is 0 Å². The summed E-state index contributed by atoms with van der Waals surface area (Å²) < 4.78 is 4.89. The van der Waals surface area contributed by atoms with Gasteiger partial charge in [0.2, 0.25) is 0 Å². The second-order valence-corrected chi connectivity index (χ2v) is 5.25. The van der Waals surface area contributed by atoms with Crippen molar-refractivity contribution < 1.29 is 9.53 Å². The van der Waals surface area contributed by atoms with Crippen molar-refractivity contribution in [2.75, 3.05) is 6.61 Å². The Bertz CT molecular complexity index is 267. The Hall–Kier alpha value is -1.05. The lowest BCUT2D eigenvalue weighted by atomic mass is 10.1. The topological polar surface area (TPSA) is 26.3 Å². The Balaban J connectivity index is 3.17. The third-order valence-corrected chi connectivity index (χ3v) is 3.18. The summed E-state index contributed by atoms with van der Waals surface area (Å²) in [4.78, 5) is 10.5. The van der Waals surface area contributed by atoms with Crippen LogP contribution in [0.2, 0.25) is 0 Å². The summed E-state index contributed by atoms with van der Waals surface area (Å²) in [5, 5.41) is 0. The van der Waals surface area contributed by atoms with Crippen LogP contribution < -0.4 is 0 Å². The van der Waals surface area contributed by atoms with Gasteiger partial charge in [-0.3, -0.25) is 4.79 Å². The van der Waals surface area contributed by atoms with E-state index in [4.69, 9.17) is 4.74 Å². The van der Waals surface area contributed by atoms with Gasteiger partial charge in [-0.2, -0.15) is 0 Å². The molecule has 0 unspecified atom stereocenters. The van der Waals surface area contributed by atoms with Crippen molar-refractivity contribution >= 4 is 5.97 Å². The van der Waals surface area contributed by atoms with Gasteiger partial charge in [0.25, 0.3) is 0 Å². The van der Waals surface area contributed by atoms with E-state index in [0.717, 1.165) is 12.8 Å². The van der Waals surface area contributed by atoms with Crippen LogP contribution in [0.4, 0.5) is 0 Å². The maximum Gasteiger partial charge on any atom is 0.302 e. The number of carbonyl (C=O) groups is 1. The second kappa shape index (κ2) is 16.0. The Morgan fingerprint density at radius 3 is 2.00 bits per heavy atom. The molecule has 0 heterocycles. The molecule has 0 aromatic rings. The van der Waals surface area contributed by atoms with E-state index in [1.807, 2.05) is 0 Å². The van der Waals surface area contributed by atoms with Gasteiger partial charge in [-0.15, -0.1) is 0 Å². The minimum atomic E-state index is -0.169. The Labute approximate surface area is 125 Å². The molecule has 0 amide bonds. The maximum atomic E-state index is 10.5. The Morgan fingerprint density at radius 2 is 1.40 bits per heavy atom. The molecule has 2 heteroatoms. The molecule has 0 saturated heterocycles. The lowest BCUT2D eigenvalue weighted by Gasteiger charge is -2.01. The quantitative estimate of drug-likeness (QED) is 0.250. The van der Waals surface area contributed by atoms with Crippen molar-refractivity contribution in [1.29, 1.82) is 0 Å². The van der Waals surface area contributed by atoms with Crippen LogP contribution in [0, 0.1) is 0 Å². The summed E-state index contributed by atoms with van der Waals surface area (Å²) in [5.74, 6) is -0.169. The largest absolute Gasteiger partial charge is 0.466 e. The van der Waals surface area contributed by atoms with Crippen LogP contribution in [0.1, 0.15) is 78.1 Å². The van der Waals surface area contributed by atoms with E-state index in [1.54, 1.807) is 0 Å². The number of hydrogen-bond acceptors (Lipinski definition) is 2. The lowest BCUT2D eigenvalue weighted by molar-refractivity contribution is -0.141. The first-order valence-corrected chi connectivity index (χ1v) is 8.22. The minimum Gasteiger partial charge on any atom is -0.466 e. The predicted molar refractivity (Wildman–Crippen MR) is 86.8 cm³/mol. The van der Waals surface area contributed by atoms with E-state index >= 15 is 0 Å². The molecular weight excluding hydrogens is 248 g/mol. The number of carbonyl (C=O) groups excluding carboxylic acids is 1. The van der Waals surface area contributed by atoms with Crippen molar-refractivity contribution in [2.24, 2.45) is 0 Å². The van der Waals surface area contributed by atoms with Crippen LogP contribution >= 0.6 is 0 Å². The molecule has 0 N–H and O–H groups in total. The van der Waals surface area contributed by atoms with Gasteiger partial charge in [0.05, 0.1) is 6.61 Å². The summed E-state index contributed by atoms with van der Waals surface area (Å²) in [7, 11) is 0. The molecule has 0 fully saturated rings. The first-order valence-electron chi connectivity index (χ1n) is 8.22. The highest BCUT2D eigenvalue weighted by Crippen LogP contribution is 2.06. The molecule has 20 heavy (non-hydrogen) atoms. The smallest absolute Gasteiger partial charge is 0.302 e. The van der Waals surface area contributed by atoms with Gasteiger partial charge in [0, 0.05) is 6.92 Å². The SMILES string of the molecule is CCCCC/C=C\C=C/CCCCCCCOC(C)=O. The number of rotatable bonds is 13. The zero-order chi connectivity index (χ0) is 14.9. The fraction of sp³-hybridized carbons (Fsp3) is 0.722. The van der Waals surface area contributed by atoms with Crippen LogP contribution in [0.25, 0.3) is 0 Å². The van der Waals surface area contributed by atoms with Crippen LogP contribution in [-0.4, -0.2) is 12.6 Å². The Morgan fingerprint density at radius 1 is 0.850 bits per heavy atom. The molecule has 116 valence electrons. The molecule has 0 aliphatic rings. The van der Waals surface area contributed by atoms with Crippen LogP contribution in [0.3, 0.4) is 0 Å². The molecule has 0 atom stereocenters. The normalized spacial score (nSPS) is 11.5. The van der Waals surface area contributed by atoms with E-state index in [0.29, 0.717) is 6.61 Å². The number of hydrogen-bond donors (Lipinski definition) is 0. The monoisotopic (exact) mass is 280 g/mol. The zero-order valence-corrected chi connectivity index (χ0v) is 13.4. The summed E-state index contributed by atoms with van der Waals surface area (Å²) >= 11 is 0. The molecule has 0 radical (unpaired) electrons. The van der Waals surface area contributed by atoms with E-state index in [9.17, 15) is 4.79 Å². The first-order chi connectivity index (χ1) is 9.77. The average molecular weight is 280 g/mol. The van der Waals surface area contributed by atoms with Crippen molar-refractivity contribution in [2.45, 2.75) is 78.1 Å². The summed E-state index contributed by atoms with van der Waals surface area (Å²) in [5.41, 5.74) is 0. The Kier molecular flexibility index (Phi) is 15.2. The molecule has 0 spiro atoms. The number of ether oxygens (including phenoxy) is 1. The highest BCUT2D eigenvalue weighted by Gasteiger charge is 1.93. The summed E-state index contributed by atoms with van der Waals surface area (Å²) in [6.07, 6.45) is 21.1. The van der Waals surface area contributed by atoms with Crippen molar-refractivity contribution in [3.05, 3.63) is 24.3 Å². The molecule has 0 aromatic carbocycles. The molecule has 0 saturated carbocycles. The van der Waals surface area contributed by atoms with E-state index in [-0.39, 0.29) is 5.97 Å². The predicted octanol–water partition coefficient (Wildman–Crippen LogP) is 5.58. The van der Waals surface area contributed by atoms with Gasteiger partial charge in [-0.05, 0) is 32.1 Å². The summed E-state index contributed by atoms with van der Waals surface area (Å²) in [6, 6.07) is 0. The first kappa shape index (κ1) is 18.9. The zero-order valence-electron chi connectivity index (χ0n) is 13.4. The highest BCUT2D eigenvalue weighted by atomic mass is 16.5. The molecule has 0 bridgehead atoms. The minimum absolute atomic E-state index is 0.169. The van der Waals surface area contributed by atoms with E-state index in [1.165, 1.54) is 58.3 Å². The number of esters is 1. The van der Waals surface area contributed by atoms with Gasteiger partial charge in [-0.1, -0.05) is 63.3 Å².